The molecule has 0 amide bonds. The van der Waals surface area contributed by atoms with Crippen LogP contribution in [0.4, 0.5) is 18.9 Å². The first-order valence-corrected chi connectivity index (χ1v) is 7.45. The maximum atomic E-state index is 12.4. The van der Waals surface area contributed by atoms with Gasteiger partial charge < -0.3 is 15.4 Å². The molecule has 0 saturated heterocycles. The molecule has 0 spiro atoms. The van der Waals surface area contributed by atoms with Gasteiger partial charge in [0.2, 0.25) is 0 Å². The van der Waals surface area contributed by atoms with Gasteiger partial charge in [0.25, 0.3) is 0 Å². The number of H-pyrrole nitrogens is 1. The number of aliphatic hydroxyl groups is 1. The number of hydrogen-bond acceptors (Lipinski definition) is 3. The number of fused-ring (bicyclic) bond motifs is 1. The molecule has 0 aliphatic carbocycles. The molecule has 7 heteroatoms. The summed E-state index contributed by atoms with van der Waals surface area (Å²) in [5, 5.41) is 12.3. The first kappa shape index (κ1) is 16.3. The van der Waals surface area contributed by atoms with Crippen LogP contribution in [-0.4, -0.2) is 27.8 Å². The van der Waals surface area contributed by atoms with Crippen molar-refractivity contribution in [2.24, 2.45) is 0 Å². The number of rotatable bonds is 5. The average Bonchev–Trinajstić information content (AvgIpc) is 3.02. The SMILES string of the molecule is OCc1ccccc1-c1cc(NCCC(F)(F)F)c2nc[nH]c2c1. The lowest BCUT2D eigenvalue weighted by Crippen LogP contribution is -2.14. The van der Waals surface area contributed by atoms with E-state index in [2.05, 4.69) is 15.3 Å². The number of aromatic nitrogens is 2. The van der Waals surface area contributed by atoms with Crippen LogP contribution in [0.5, 0.6) is 0 Å². The third kappa shape index (κ3) is 3.51. The number of aromatic amines is 1. The van der Waals surface area contributed by atoms with Gasteiger partial charge >= 0.3 is 6.18 Å². The van der Waals surface area contributed by atoms with Crippen LogP contribution >= 0.6 is 0 Å². The van der Waals surface area contributed by atoms with E-state index in [0.717, 1.165) is 22.2 Å². The Morgan fingerprint density at radius 1 is 1.17 bits per heavy atom. The second kappa shape index (κ2) is 6.52. The topological polar surface area (TPSA) is 60.9 Å². The number of halogens is 3. The Labute approximate surface area is 136 Å². The average molecular weight is 335 g/mol. The highest BCUT2D eigenvalue weighted by atomic mass is 19.4. The number of hydrogen-bond donors (Lipinski definition) is 3. The highest BCUT2D eigenvalue weighted by molar-refractivity contribution is 5.93. The van der Waals surface area contributed by atoms with Crippen LogP contribution < -0.4 is 5.32 Å². The van der Waals surface area contributed by atoms with Crippen LogP contribution in [0.2, 0.25) is 0 Å². The van der Waals surface area contributed by atoms with Gasteiger partial charge in [0.05, 0.1) is 30.6 Å². The number of anilines is 1. The standard InChI is InChI=1S/C17H16F3N3O/c18-17(19,20)5-6-21-14-7-12(8-15-16(14)23-10-22-15)13-4-2-1-3-11(13)9-24/h1-4,7-8,10,21,24H,5-6,9H2,(H,22,23). The molecule has 3 N–H and O–H groups in total. The Kier molecular flexibility index (Phi) is 4.44. The van der Waals surface area contributed by atoms with E-state index in [4.69, 9.17) is 0 Å². The van der Waals surface area contributed by atoms with Crippen LogP contribution in [0.25, 0.3) is 22.2 Å². The van der Waals surface area contributed by atoms with Gasteiger partial charge in [-0.3, -0.25) is 0 Å². The zero-order valence-electron chi connectivity index (χ0n) is 12.7. The van der Waals surface area contributed by atoms with Crippen LogP contribution in [0, 0.1) is 0 Å². The summed E-state index contributed by atoms with van der Waals surface area (Å²) in [4.78, 5) is 7.14. The third-order valence-corrected chi connectivity index (χ3v) is 3.75. The summed E-state index contributed by atoms with van der Waals surface area (Å²) in [6.07, 6.45) is -3.63. The Hall–Kier alpha value is -2.54. The fraction of sp³-hybridized carbons (Fsp3) is 0.235. The van der Waals surface area contributed by atoms with Gasteiger partial charge in [-0.25, -0.2) is 4.98 Å². The highest BCUT2D eigenvalue weighted by Gasteiger charge is 2.26. The molecule has 0 unspecified atom stereocenters. The van der Waals surface area contributed by atoms with Gasteiger partial charge in [0.15, 0.2) is 0 Å². The monoisotopic (exact) mass is 335 g/mol. The smallest absolute Gasteiger partial charge is 0.390 e. The molecule has 24 heavy (non-hydrogen) atoms. The zero-order chi connectivity index (χ0) is 17.2. The molecular weight excluding hydrogens is 319 g/mol. The summed E-state index contributed by atoms with van der Waals surface area (Å²) in [6.45, 7) is -0.343. The minimum absolute atomic E-state index is 0.117. The summed E-state index contributed by atoms with van der Waals surface area (Å²) < 4.78 is 37.1. The van der Waals surface area contributed by atoms with Gasteiger partial charge in [-0.2, -0.15) is 13.2 Å². The normalized spacial score (nSPS) is 11.8. The molecular formula is C17H16F3N3O. The lowest BCUT2D eigenvalue weighted by molar-refractivity contribution is -0.131. The first-order chi connectivity index (χ1) is 11.5. The second-order valence-electron chi connectivity index (χ2n) is 5.43. The molecule has 0 aliphatic rings. The lowest BCUT2D eigenvalue weighted by Gasteiger charge is -2.13. The van der Waals surface area contributed by atoms with Crippen molar-refractivity contribution in [2.75, 3.05) is 11.9 Å². The number of aliphatic hydroxyl groups excluding tert-OH is 1. The van der Waals surface area contributed by atoms with Crippen LogP contribution in [0.3, 0.4) is 0 Å². The van der Waals surface area contributed by atoms with Crippen LogP contribution in [0.1, 0.15) is 12.0 Å². The molecule has 0 bridgehead atoms. The summed E-state index contributed by atoms with van der Waals surface area (Å²) in [6, 6.07) is 11.0. The third-order valence-electron chi connectivity index (χ3n) is 3.75. The summed E-state index contributed by atoms with van der Waals surface area (Å²) in [7, 11) is 0. The second-order valence-corrected chi connectivity index (χ2v) is 5.43. The molecule has 0 fully saturated rings. The van der Waals surface area contributed by atoms with E-state index < -0.39 is 12.6 Å². The number of alkyl halides is 3. The molecule has 1 heterocycles. The van der Waals surface area contributed by atoms with Crippen molar-refractivity contribution in [3.05, 3.63) is 48.3 Å². The first-order valence-electron chi connectivity index (χ1n) is 7.45. The molecule has 0 radical (unpaired) electrons. The van der Waals surface area contributed by atoms with Crippen molar-refractivity contribution >= 4 is 16.7 Å². The Bertz CT molecular complexity index is 842. The molecule has 4 nitrogen and oxygen atoms in total. The predicted octanol–water partition coefficient (Wildman–Crippen LogP) is 4.09. The van der Waals surface area contributed by atoms with Crippen molar-refractivity contribution in [3.63, 3.8) is 0 Å². The van der Waals surface area contributed by atoms with E-state index in [-0.39, 0.29) is 13.2 Å². The van der Waals surface area contributed by atoms with Crippen LogP contribution in [0.15, 0.2) is 42.7 Å². The molecule has 0 atom stereocenters. The van der Waals surface area contributed by atoms with E-state index in [1.807, 2.05) is 30.3 Å². The molecule has 126 valence electrons. The molecule has 3 rings (SSSR count). The Morgan fingerprint density at radius 2 is 1.96 bits per heavy atom. The summed E-state index contributed by atoms with van der Waals surface area (Å²) >= 11 is 0. The highest BCUT2D eigenvalue weighted by Crippen LogP contribution is 2.31. The minimum Gasteiger partial charge on any atom is -0.392 e. The van der Waals surface area contributed by atoms with E-state index in [1.165, 1.54) is 6.33 Å². The van der Waals surface area contributed by atoms with Crippen LogP contribution in [-0.2, 0) is 6.61 Å². The van der Waals surface area contributed by atoms with Crippen molar-refractivity contribution in [2.45, 2.75) is 19.2 Å². The number of benzene rings is 2. The van der Waals surface area contributed by atoms with E-state index in [1.54, 1.807) is 6.07 Å². The van der Waals surface area contributed by atoms with Crippen molar-refractivity contribution in [1.29, 1.82) is 0 Å². The summed E-state index contributed by atoms with van der Waals surface area (Å²) in [5.74, 6) is 0. The minimum atomic E-state index is -4.21. The van der Waals surface area contributed by atoms with Gasteiger partial charge in [-0.05, 0) is 28.8 Å². The Morgan fingerprint density at radius 3 is 2.71 bits per heavy atom. The zero-order valence-corrected chi connectivity index (χ0v) is 12.7. The van der Waals surface area contributed by atoms with Crippen molar-refractivity contribution < 1.29 is 18.3 Å². The van der Waals surface area contributed by atoms with Gasteiger partial charge in [0.1, 0.15) is 5.52 Å². The maximum absolute atomic E-state index is 12.4. The lowest BCUT2D eigenvalue weighted by atomic mass is 9.99. The quantitative estimate of drug-likeness (QED) is 0.658. The number of imidazole rings is 1. The predicted molar refractivity (Wildman–Crippen MR) is 86.6 cm³/mol. The molecule has 1 aromatic heterocycles. The van der Waals surface area contributed by atoms with E-state index in [0.29, 0.717) is 11.2 Å². The summed E-state index contributed by atoms with van der Waals surface area (Å²) in [5.41, 5.74) is 4.21. The van der Waals surface area contributed by atoms with Crippen molar-refractivity contribution in [1.82, 2.24) is 9.97 Å². The fourth-order valence-corrected chi connectivity index (χ4v) is 2.62. The Balaban J connectivity index is 1.98. The molecule has 0 aliphatic heterocycles. The fourth-order valence-electron chi connectivity index (χ4n) is 2.62. The van der Waals surface area contributed by atoms with E-state index >= 15 is 0 Å². The maximum Gasteiger partial charge on any atom is 0.390 e. The van der Waals surface area contributed by atoms with Crippen molar-refractivity contribution in [3.8, 4) is 11.1 Å². The van der Waals surface area contributed by atoms with Gasteiger partial charge in [-0.15, -0.1) is 0 Å². The number of nitrogens with one attached hydrogen (secondary N) is 2. The van der Waals surface area contributed by atoms with Gasteiger partial charge in [0, 0.05) is 6.54 Å². The molecule has 0 saturated carbocycles. The number of nitrogens with zero attached hydrogens (tertiary/aromatic N) is 1. The van der Waals surface area contributed by atoms with Gasteiger partial charge in [-0.1, -0.05) is 24.3 Å². The molecule has 3 aromatic rings. The molecule has 2 aromatic carbocycles. The van der Waals surface area contributed by atoms with E-state index in [9.17, 15) is 18.3 Å². The largest absolute Gasteiger partial charge is 0.392 e.